The predicted molar refractivity (Wildman–Crippen MR) is 111 cm³/mol. The van der Waals surface area contributed by atoms with Gasteiger partial charge in [-0.25, -0.2) is 0 Å². The molecule has 31 heavy (non-hydrogen) atoms. The molecule has 1 atom stereocenters. The summed E-state index contributed by atoms with van der Waals surface area (Å²) >= 11 is 0. The summed E-state index contributed by atoms with van der Waals surface area (Å²) in [5, 5.41) is 10.6. The van der Waals surface area contributed by atoms with E-state index in [1.807, 2.05) is 14.1 Å². The van der Waals surface area contributed by atoms with Crippen LogP contribution in [0.25, 0.3) is 0 Å². The number of primary amides is 1. The lowest BCUT2D eigenvalue weighted by Gasteiger charge is -2.27. The lowest BCUT2D eigenvalue weighted by molar-refractivity contribution is -0.857. The van der Waals surface area contributed by atoms with Crippen LogP contribution in [-0.4, -0.2) is 61.4 Å². The summed E-state index contributed by atoms with van der Waals surface area (Å²) in [5.41, 5.74) is 5.68. The summed E-state index contributed by atoms with van der Waals surface area (Å²) in [6.45, 7) is 2.40. The van der Waals surface area contributed by atoms with E-state index < -0.39 is 29.4 Å². The SMILES string of the molecule is Cc1ccc(C(=O)C2=C(O)C(=O)N(CC[NH+](C)C)[C@H]2c2ccc(OCC(N)=O)cc2)o1. The molecule has 0 saturated heterocycles. The summed E-state index contributed by atoms with van der Waals surface area (Å²) < 4.78 is 10.7. The minimum absolute atomic E-state index is 0.0288. The van der Waals surface area contributed by atoms with E-state index in [1.165, 1.54) is 11.0 Å². The Morgan fingerprint density at radius 1 is 1.19 bits per heavy atom. The van der Waals surface area contributed by atoms with Gasteiger partial charge < -0.3 is 29.8 Å². The van der Waals surface area contributed by atoms with Crippen molar-refractivity contribution < 1.29 is 33.5 Å². The second-order valence-corrected chi connectivity index (χ2v) is 7.68. The first kappa shape index (κ1) is 22.1. The molecule has 2 amide bonds. The van der Waals surface area contributed by atoms with Crippen LogP contribution in [0.15, 0.2) is 52.1 Å². The van der Waals surface area contributed by atoms with E-state index in [1.54, 1.807) is 37.3 Å². The van der Waals surface area contributed by atoms with E-state index in [9.17, 15) is 19.5 Å². The highest BCUT2D eigenvalue weighted by atomic mass is 16.5. The lowest BCUT2D eigenvalue weighted by atomic mass is 9.95. The Hall–Kier alpha value is -3.59. The van der Waals surface area contributed by atoms with E-state index in [2.05, 4.69) is 0 Å². The maximum Gasteiger partial charge on any atom is 0.290 e. The topological polar surface area (TPSA) is 128 Å². The number of ketones is 1. The van der Waals surface area contributed by atoms with Crippen LogP contribution < -0.4 is 15.4 Å². The Morgan fingerprint density at radius 3 is 2.42 bits per heavy atom. The van der Waals surface area contributed by atoms with Gasteiger partial charge in [-0.1, -0.05) is 12.1 Å². The monoisotopic (exact) mass is 428 g/mol. The molecule has 2 heterocycles. The van der Waals surface area contributed by atoms with Gasteiger partial charge in [0.15, 0.2) is 18.1 Å². The average Bonchev–Trinajstić information content (AvgIpc) is 3.26. The second-order valence-electron chi connectivity index (χ2n) is 7.68. The first-order valence-corrected chi connectivity index (χ1v) is 9.84. The fourth-order valence-corrected chi connectivity index (χ4v) is 3.40. The highest BCUT2D eigenvalue weighted by Gasteiger charge is 2.44. The lowest BCUT2D eigenvalue weighted by Crippen LogP contribution is -3.06. The highest BCUT2D eigenvalue weighted by molar-refractivity contribution is 6.15. The molecule has 9 heteroatoms. The molecule has 0 saturated carbocycles. The summed E-state index contributed by atoms with van der Waals surface area (Å²) in [5.74, 6) is -1.31. The van der Waals surface area contributed by atoms with Crippen molar-refractivity contribution in [1.29, 1.82) is 0 Å². The maximum absolute atomic E-state index is 13.2. The smallest absolute Gasteiger partial charge is 0.290 e. The minimum atomic E-state index is -0.782. The van der Waals surface area contributed by atoms with E-state index in [0.717, 1.165) is 4.90 Å². The van der Waals surface area contributed by atoms with Gasteiger partial charge in [0.2, 0.25) is 5.78 Å². The molecule has 2 aromatic rings. The predicted octanol–water partition coefficient (Wildman–Crippen LogP) is 0.175. The highest BCUT2D eigenvalue weighted by Crippen LogP contribution is 2.39. The van der Waals surface area contributed by atoms with Crippen molar-refractivity contribution in [2.24, 2.45) is 5.73 Å². The fraction of sp³-hybridized carbons (Fsp3) is 0.318. The Kier molecular flexibility index (Phi) is 6.45. The number of carbonyl (C=O) groups excluding carboxylic acids is 3. The molecule has 1 aliphatic rings. The van der Waals surface area contributed by atoms with Crippen LogP contribution in [0.1, 0.15) is 27.9 Å². The minimum Gasteiger partial charge on any atom is -0.503 e. The van der Waals surface area contributed by atoms with Gasteiger partial charge in [0, 0.05) is 0 Å². The van der Waals surface area contributed by atoms with Gasteiger partial charge >= 0.3 is 0 Å². The third-order valence-electron chi connectivity index (χ3n) is 4.94. The van der Waals surface area contributed by atoms with E-state index >= 15 is 0 Å². The Labute approximate surface area is 179 Å². The van der Waals surface area contributed by atoms with Crippen LogP contribution in [0.4, 0.5) is 0 Å². The number of nitrogens with one attached hydrogen (secondary N) is 1. The van der Waals surface area contributed by atoms with Crippen LogP contribution in [0.5, 0.6) is 5.75 Å². The number of hydrogen-bond donors (Lipinski definition) is 3. The number of aliphatic hydroxyl groups is 1. The number of benzene rings is 1. The Balaban J connectivity index is 1.98. The number of likely N-dealkylation sites (N-methyl/N-ethyl adjacent to an activating group) is 1. The molecule has 0 spiro atoms. The molecule has 0 aliphatic carbocycles. The Bertz CT molecular complexity index is 1020. The summed E-state index contributed by atoms with van der Waals surface area (Å²) in [4.78, 5) is 39.5. The summed E-state index contributed by atoms with van der Waals surface area (Å²) in [6, 6.07) is 8.99. The van der Waals surface area contributed by atoms with Crippen molar-refractivity contribution in [1.82, 2.24) is 4.90 Å². The number of carbonyl (C=O) groups is 3. The van der Waals surface area contributed by atoms with Crippen LogP contribution in [0.2, 0.25) is 0 Å². The summed E-state index contributed by atoms with van der Waals surface area (Å²) in [6.07, 6.45) is 0. The number of rotatable bonds is 9. The van der Waals surface area contributed by atoms with E-state index in [0.29, 0.717) is 30.2 Å². The van der Waals surface area contributed by atoms with E-state index in [4.69, 9.17) is 14.9 Å². The van der Waals surface area contributed by atoms with Crippen molar-refractivity contribution in [2.45, 2.75) is 13.0 Å². The second kappa shape index (κ2) is 9.05. The quantitative estimate of drug-likeness (QED) is 0.489. The molecular weight excluding hydrogens is 402 g/mol. The first-order valence-electron chi connectivity index (χ1n) is 9.84. The number of quaternary nitrogens is 1. The zero-order valence-corrected chi connectivity index (χ0v) is 17.7. The van der Waals surface area contributed by atoms with Crippen LogP contribution in [-0.2, 0) is 9.59 Å². The number of nitrogens with two attached hydrogens (primary N) is 1. The molecule has 0 radical (unpaired) electrons. The zero-order chi connectivity index (χ0) is 22.7. The normalized spacial score (nSPS) is 16.3. The van der Waals surface area contributed by atoms with Crippen molar-refractivity contribution in [3.63, 3.8) is 0 Å². The first-order chi connectivity index (χ1) is 14.7. The third kappa shape index (κ3) is 4.77. The van der Waals surface area contributed by atoms with Crippen LogP contribution in [0.3, 0.4) is 0 Å². The zero-order valence-electron chi connectivity index (χ0n) is 17.7. The molecular formula is C22H26N3O6+. The van der Waals surface area contributed by atoms with Gasteiger partial charge in [-0.15, -0.1) is 0 Å². The molecule has 1 aromatic carbocycles. The van der Waals surface area contributed by atoms with Crippen LogP contribution >= 0.6 is 0 Å². The molecule has 0 unspecified atom stereocenters. The summed E-state index contributed by atoms with van der Waals surface area (Å²) in [7, 11) is 3.90. The number of furan rings is 1. The number of amides is 2. The van der Waals surface area contributed by atoms with Gasteiger partial charge in [0.1, 0.15) is 11.5 Å². The van der Waals surface area contributed by atoms with Gasteiger partial charge in [-0.05, 0) is 36.8 Å². The van der Waals surface area contributed by atoms with Crippen molar-refractivity contribution in [3.05, 3.63) is 64.8 Å². The van der Waals surface area contributed by atoms with Crippen LogP contribution in [0, 0.1) is 6.92 Å². The number of aryl methyl sites for hydroxylation is 1. The molecule has 0 fully saturated rings. The van der Waals surface area contributed by atoms with Gasteiger partial charge in [0.25, 0.3) is 11.8 Å². The van der Waals surface area contributed by atoms with Crippen molar-refractivity contribution >= 4 is 17.6 Å². The number of hydrogen-bond acceptors (Lipinski definition) is 6. The molecule has 1 aliphatic heterocycles. The molecule has 1 aromatic heterocycles. The number of Topliss-reactive ketones (excluding diaryl/α,β-unsaturated/α-hetero) is 1. The standard InChI is InChI=1S/C22H25N3O6/c1-13-4-9-16(31-13)20(27)18-19(25(11-10-24(2)3)22(29)21(18)28)14-5-7-15(8-6-14)30-12-17(23)26/h4-9,19,28H,10-12H2,1-3H3,(H2,23,26)/p+1/t19-/m0/s1. The van der Waals surface area contributed by atoms with Crippen molar-refractivity contribution in [2.75, 3.05) is 33.8 Å². The number of ether oxygens (including phenoxy) is 1. The maximum atomic E-state index is 13.2. The van der Waals surface area contributed by atoms with Gasteiger partial charge in [-0.2, -0.15) is 0 Å². The molecule has 9 nitrogen and oxygen atoms in total. The molecule has 0 bridgehead atoms. The molecule has 3 rings (SSSR count). The third-order valence-corrected chi connectivity index (χ3v) is 4.94. The largest absolute Gasteiger partial charge is 0.503 e. The van der Waals surface area contributed by atoms with E-state index in [-0.39, 0.29) is 17.9 Å². The Morgan fingerprint density at radius 2 is 1.87 bits per heavy atom. The average molecular weight is 428 g/mol. The van der Waals surface area contributed by atoms with Gasteiger partial charge in [-0.3, -0.25) is 14.4 Å². The fourth-order valence-electron chi connectivity index (χ4n) is 3.40. The number of aliphatic hydroxyl groups excluding tert-OH is 1. The van der Waals surface area contributed by atoms with Crippen molar-refractivity contribution in [3.8, 4) is 5.75 Å². The molecule has 164 valence electrons. The van der Waals surface area contributed by atoms with Gasteiger partial charge in [0.05, 0.1) is 38.8 Å². The number of nitrogens with zero attached hydrogens (tertiary/aromatic N) is 1. The molecule has 4 N–H and O–H groups in total.